The third-order valence-corrected chi connectivity index (χ3v) is 4.64. The molecule has 2 rings (SSSR count). The van der Waals surface area contributed by atoms with Gasteiger partial charge in [0.25, 0.3) is 0 Å². The highest BCUT2D eigenvalue weighted by Crippen LogP contribution is 2.21. The standard InChI is InChI=1S/C16H29N3O3/c1-3-5-13-10-18(8-9-22-2)11-14(13)17-15(20)12-19-7-4-6-16(19)21/h13-14H,3-12H2,1-2H3,(H,17,20)/t13-,14-/m1/s1. The lowest BCUT2D eigenvalue weighted by Crippen LogP contribution is -2.45. The zero-order valence-corrected chi connectivity index (χ0v) is 13.8. The zero-order chi connectivity index (χ0) is 15.9. The monoisotopic (exact) mass is 311 g/mol. The van der Waals surface area contributed by atoms with Crippen LogP contribution in [-0.4, -0.2) is 74.1 Å². The quantitative estimate of drug-likeness (QED) is 0.708. The number of carbonyl (C=O) groups is 2. The molecule has 0 aromatic rings. The van der Waals surface area contributed by atoms with Gasteiger partial charge in [0.1, 0.15) is 0 Å². The van der Waals surface area contributed by atoms with E-state index < -0.39 is 0 Å². The predicted molar refractivity (Wildman–Crippen MR) is 84.5 cm³/mol. The summed E-state index contributed by atoms with van der Waals surface area (Å²) in [5.74, 6) is 0.587. The number of nitrogens with one attached hydrogen (secondary N) is 1. The van der Waals surface area contributed by atoms with Crippen molar-refractivity contribution >= 4 is 11.8 Å². The van der Waals surface area contributed by atoms with E-state index in [0.717, 1.165) is 52.0 Å². The molecule has 0 unspecified atom stereocenters. The Hall–Kier alpha value is -1.14. The van der Waals surface area contributed by atoms with E-state index in [-0.39, 0.29) is 24.4 Å². The fourth-order valence-electron chi connectivity index (χ4n) is 3.49. The van der Waals surface area contributed by atoms with Gasteiger partial charge in [0.2, 0.25) is 11.8 Å². The molecule has 22 heavy (non-hydrogen) atoms. The summed E-state index contributed by atoms with van der Waals surface area (Å²) >= 11 is 0. The van der Waals surface area contributed by atoms with Crippen LogP contribution in [0.15, 0.2) is 0 Å². The van der Waals surface area contributed by atoms with Crippen LogP contribution in [0.4, 0.5) is 0 Å². The Morgan fingerprint density at radius 3 is 2.86 bits per heavy atom. The van der Waals surface area contributed by atoms with Crippen molar-refractivity contribution in [2.24, 2.45) is 5.92 Å². The number of rotatable bonds is 8. The van der Waals surface area contributed by atoms with Crippen molar-refractivity contribution in [1.29, 1.82) is 0 Å². The van der Waals surface area contributed by atoms with E-state index in [4.69, 9.17) is 4.74 Å². The minimum Gasteiger partial charge on any atom is -0.383 e. The van der Waals surface area contributed by atoms with E-state index >= 15 is 0 Å². The average Bonchev–Trinajstić information content (AvgIpc) is 3.05. The lowest BCUT2D eigenvalue weighted by molar-refractivity contribution is -0.133. The number of methoxy groups -OCH3 is 1. The van der Waals surface area contributed by atoms with Crippen LogP contribution in [-0.2, 0) is 14.3 Å². The number of ether oxygens (including phenoxy) is 1. The molecule has 6 heteroatoms. The van der Waals surface area contributed by atoms with Crippen LogP contribution < -0.4 is 5.32 Å². The first-order valence-corrected chi connectivity index (χ1v) is 8.42. The second kappa shape index (κ2) is 8.48. The highest BCUT2D eigenvalue weighted by atomic mass is 16.5. The fraction of sp³-hybridized carbons (Fsp3) is 0.875. The maximum atomic E-state index is 12.2. The van der Waals surface area contributed by atoms with Gasteiger partial charge >= 0.3 is 0 Å². The van der Waals surface area contributed by atoms with E-state index in [1.54, 1.807) is 12.0 Å². The van der Waals surface area contributed by atoms with Gasteiger partial charge in [-0.3, -0.25) is 14.5 Å². The van der Waals surface area contributed by atoms with Crippen molar-refractivity contribution < 1.29 is 14.3 Å². The van der Waals surface area contributed by atoms with Gasteiger partial charge in [-0.2, -0.15) is 0 Å². The van der Waals surface area contributed by atoms with E-state index in [2.05, 4.69) is 17.1 Å². The molecule has 2 saturated heterocycles. The van der Waals surface area contributed by atoms with Crippen molar-refractivity contribution in [2.75, 3.05) is 46.4 Å². The van der Waals surface area contributed by atoms with Crippen LogP contribution in [0.2, 0.25) is 0 Å². The molecule has 0 aliphatic carbocycles. The van der Waals surface area contributed by atoms with Crippen LogP contribution in [0.1, 0.15) is 32.6 Å². The number of hydrogen-bond donors (Lipinski definition) is 1. The van der Waals surface area contributed by atoms with Crippen molar-refractivity contribution in [3.05, 3.63) is 0 Å². The van der Waals surface area contributed by atoms with Gasteiger partial charge in [-0.05, 0) is 18.8 Å². The molecule has 0 saturated carbocycles. The van der Waals surface area contributed by atoms with Gasteiger partial charge in [0.15, 0.2) is 0 Å². The molecule has 1 N–H and O–H groups in total. The Morgan fingerprint density at radius 2 is 2.23 bits per heavy atom. The summed E-state index contributed by atoms with van der Waals surface area (Å²) < 4.78 is 5.14. The molecule has 2 amide bonds. The molecule has 2 heterocycles. The summed E-state index contributed by atoms with van der Waals surface area (Å²) in [4.78, 5) is 27.9. The van der Waals surface area contributed by atoms with Crippen LogP contribution in [0, 0.1) is 5.92 Å². The molecule has 0 bridgehead atoms. The van der Waals surface area contributed by atoms with E-state index in [0.29, 0.717) is 12.3 Å². The SMILES string of the molecule is CCC[C@@H]1CN(CCOC)C[C@H]1NC(=O)CN1CCCC1=O. The van der Waals surface area contributed by atoms with Crippen molar-refractivity contribution in [3.63, 3.8) is 0 Å². The normalized spacial score (nSPS) is 25.9. The number of hydrogen-bond acceptors (Lipinski definition) is 4. The van der Waals surface area contributed by atoms with Crippen LogP contribution in [0.3, 0.4) is 0 Å². The second-order valence-corrected chi connectivity index (χ2v) is 6.39. The molecule has 2 atom stereocenters. The summed E-state index contributed by atoms with van der Waals surface area (Å²) in [7, 11) is 1.71. The van der Waals surface area contributed by atoms with Crippen molar-refractivity contribution in [1.82, 2.24) is 15.1 Å². The maximum Gasteiger partial charge on any atom is 0.239 e. The van der Waals surface area contributed by atoms with Crippen molar-refractivity contribution in [3.8, 4) is 0 Å². The highest BCUT2D eigenvalue weighted by Gasteiger charge is 2.33. The highest BCUT2D eigenvalue weighted by molar-refractivity contribution is 5.86. The van der Waals surface area contributed by atoms with Gasteiger partial charge < -0.3 is 15.0 Å². The molecular formula is C16H29N3O3. The molecule has 126 valence electrons. The molecule has 6 nitrogen and oxygen atoms in total. The van der Waals surface area contributed by atoms with E-state index in [1.165, 1.54) is 0 Å². The Morgan fingerprint density at radius 1 is 1.41 bits per heavy atom. The first-order valence-electron chi connectivity index (χ1n) is 8.42. The third-order valence-electron chi connectivity index (χ3n) is 4.64. The molecule has 2 aliphatic heterocycles. The second-order valence-electron chi connectivity index (χ2n) is 6.39. The van der Waals surface area contributed by atoms with Gasteiger partial charge in [0.05, 0.1) is 13.2 Å². The maximum absolute atomic E-state index is 12.2. The van der Waals surface area contributed by atoms with E-state index in [9.17, 15) is 9.59 Å². The Labute approximate surface area is 133 Å². The molecule has 0 aromatic carbocycles. The predicted octanol–water partition coefficient (Wildman–Crippen LogP) is 0.472. The van der Waals surface area contributed by atoms with Gasteiger partial charge in [-0.25, -0.2) is 0 Å². The minimum atomic E-state index is -0.0186. The molecule has 0 radical (unpaired) electrons. The van der Waals surface area contributed by atoms with Crippen molar-refractivity contribution in [2.45, 2.75) is 38.6 Å². The summed E-state index contributed by atoms with van der Waals surface area (Å²) in [5, 5.41) is 3.15. The van der Waals surface area contributed by atoms with Gasteiger partial charge in [-0.1, -0.05) is 13.3 Å². The summed E-state index contributed by atoms with van der Waals surface area (Å²) in [6.07, 6.45) is 3.70. The fourth-order valence-corrected chi connectivity index (χ4v) is 3.49. The topological polar surface area (TPSA) is 61.9 Å². The van der Waals surface area contributed by atoms with Crippen LogP contribution >= 0.6 is 0 Å². The smallest absolute Gasteiger partial charge is 0.239 e. The number of amides is 2. The van der Waals surface area contributed by atoms with Gasteiger partial charge in [0, 0.05) is 45.8 Å². The first kappa shape index (κ1) is 17.2. The zero-order valence-electron chi connectivity index (χ0n) is 13.8. The Kier molecular flexibility index (Phi) is 6.64. The molecule has 0 spiro atoms. The molecule has 0 aromatic heterocycles. The average molecular weight is 311 g/mol. The summed E-state index contributed by atoms with van der Waals surface area (Å²) in [5.41, 5.74) is 0. The molecule has 2 aliphatic rings. The van der Waals surface area contributed by atoms with Crippen LogP contribution in [0.5, 0.6) is 0 Å². The third kappa shape index (κ3) is 4.68. The summed E-state index contributed by atoms with van der Waals surface area (Å²) in [6, 6.07) is 0.196. The lowest BCUT2D eigenvalue weighted by Gasteiger charge is -2.21. The number of carbonyl (C=O) groups excluding carboxylic acids is 2. The largest absolute Gasteiger partial charge is 0.383 e. The number of nitrogens with zero attached hydrogens (tertiary/aromatic N) is 2. The lowest BCUT2D eigenvalue weighted by atomic mass is 9.98. The number of likely N-dealkylation sites (tertiary alicyclic amines) is 2. The Bertz CT molecular complexity index is 389. The van der Waals surface area contributed by atoms with Gasteiger partial charge in [-0.15, -0.1) is 0 Å². The minimum absolute atomic E-state index is 0.0186. The molecule has 2 fully saturated rings. The Balaban J connectivity index is 1.82. The van der Waals surface area contributed by atoms with Crippen LogP contribution in [0.25, 0.3) is 0 Å². The van der Waals surface area contributed by atoms with E-state index in [1.807, 2.05) is 0 Å². The summed E-state index contributed by atoms with van der Waals surface area (Å²) in [6.45, 7) is 6.65. The molecular weight excluding hydrogens is 282 g/mol. The first-order chi connectivity index (χ1) is 10.6.